The Kier molecular flexibility index (Phi) is 2.15. The Balaban J connectivity index is 2.72. The van der Waals surface area contributed by atoms with Gasteiger partial charge in [0.25, 0.3) is 0 Å². The lowest BCUT2D eigenvalue weighted by atomic mass is 9.79. The summed E-state index contributed by atoms with van der Waals surface area (Å²) in [6.45, 7) is 0. The molecule has 6 heteroatoms. The first-order chi connectivity index (χ1) is 6.74. The maximum absolute atomic E-state index is 9.07. The van der Waals surface area contributed by atoms with Gasteiger partial charge in [-0.25, -0.2) is 4.98 Å². The first-order valence-corrected chi connectivity index (χ1v) is 4.10. The summed E-state index contributed by atoms with van der Waals surface area (Å²) >= 11 is 0. The number of hydrogen-bond donors (Lipinski definition) is 3. The normalized spacial score (nSPS) is 10.5. The van der Waals surface area contributed by atoms with Crippen molar-refractivity contribution in [1.82, 2.24) is 9.97 Å². The molecule has 5 nitrogen and oxygen atoms in total. The van der Waals surface area contributed by atoms with Crippen LogP contribution < -0.4 is 10.2 Å². The van der Waals surface area contributed by atoms with Crippen LogP contribution in [0.2, 0.25) is 0 Å². The van der Waals surface area contributed by atoms with E-state index in [1.807, 2.05) is 0 Å². The molecule has 0 amide bonds. The number of aromatic nitrogens is 2. The number of ether oxygens (including phenoxy) is 1. The minimum Gasteiger partial charge on any atom is -0.494 e. The molecule has 0 aliphatic rings. The number of nitrogens with zero attached hydrogens (tertiary/aromatic N) is 1. The highest BCUT2D eigenvalue weighted by molar-refractivity contribution is 6.61. The van der Waals surface area contributed by atoms with Crippen molar-refractivity contribution in [3.8, 4) is 5.75 Å². The van der Waals surface area contributed by atoms with Gasteiger partial charge in [0, 0.05) is 5.46 Å². The van der Waals surface area contributed by atoms with Gasteiger partial charge >= 0.3 is 7.12 Å². The molecule has 0 bridgehead atoms. The molecule has 1 aromatic heterocycles. The highest BCUT2D eigenvalue weighted by Crippen LogP contribution is 2.20. The third-order valence-corrected chi connectivity index (χ3v) is 2.07. The molecule has 0 atom stereocenters. The van der Waals surface area contributed by atoms with Crippen LogP contribution in [0.25, 0.3) is 11.0 Å². The number of imidazole rings is 1. The van der Waals surface area contributed by atoms with Crippen molar-refractivity contribution in [2.45, 2.75) is 0 Å². The fraction of sp³-hybridized carbons (Fsp3) is 0.125. The summed E-state index contributed by atoms with van der Waals surface area (Å²) in [5.41, 5.74) is 1.57. The van der Waals surface area contributed by atoms with Crippen molar-refractivity contribution in [2.75, 3.05) is 7.11 Å². The van der Waals surface area contributed by atoms with Gasteiger partial charge in [-0.05, 0) is 6.07 Å². The quantitative estimate of drug-likeness (QED) is 0.547. The Hall–Kier alpha value is -1.53. The van der Waals surface area contributed by atoms with E-state index >= 15 is 0 Å². The average Bonchev–Trinajstić information content (AvgIpc) is 2.64. The Bertz CT molecular complexity index is 455. The first-order valence-electron chi connectivity index (χ1n) is 4.10. The number of rotatable bonds is 2. The molecule has 2 aromatic rings. The van der Waals surface area contributed by atoms with Crippen LogP contribution in [0.5, 0.6) is 5.75 Å². The van der Waals surface area contributed by atoms with Crippen LogP contribution in [0.3, 0.4) is 0 Å². The van der Waals surface area contributed by atoms with E-state index in [1.54, 1.807) is 19.2 Å². The summed E-state index contributed by atoms with van der Waals surface area (Å²) in [4.78, 5) is 6.86. The molecule has 0 radical (unpaired) electrons. The molecule has 0 unspecified atom stereocenters. The van der Waals surface area contributed by atoms with Gasteiger partial charge in [0.2, 0.25) is 0 Å². The van der Waals surface area contributed by atoms with Crippen molar-refractivity contribution in [2.24, 2.45) is 0 Å². The van der Waals surface area contributed by atoms with Crippen LogP contribution in [-0.2, 0) is 0 Å². The SMILES string of the molecule is COc1ccc(B(O)O)c2[nH]cnc12. The minimum absolute atomic E-state index is 0.387. The molecule has 0 saturated heterocycles. The topological polar surface area (TPSA) is 78.4 Å². The zero-order chi connectivity index (χ0) is 10.1. The molecule has 1 heterocycles. The fourth-order valence-electron chi connectivity index (χ4n) is 1.41. The van der Waals surface area contributed by atoms with Gasteiger partial charge in [0.15, 0.2) is 0 Å². The molecule has 3 N–H and O–H groups in total. The molecule has 1 aromatic carbocycles. The predicted octanol–water partition coefficient (Wildman–Crippen LogP) is -0.749. The average molecular weight is 192 g/mol. The van der Waals surface area contributed by atoms with Crippen molar-refractivity contribution >= 4 is 23.6 Å². The van der Waals surface area contributed by atoms with E-state index in [4.69, 9.17) is 14.8 Å². The predicted molar refractivity (Wildman–Crippen MR) is 52.5 cm³/mol. The summed E-state index contributed by atoms with van der Waals surface area (Å²) in [5, 5.41) is 18.1. The summed E-state index contributed by atoms with van der Waals surface area (Å²) in [6.07, 6.45) is 1.49. The number of hydrogen-bond acceptors (Lipinski definition) is 4. The Morgan fingerprint density at radius 1 is 1.43 bits per heavy atom. The number of methoxy groups -OCH3 is 1. The van der Waals surface area contributed by atoms with E-state index in [-0.39, 0.29) is 0 Å². The van der Waals surface area contributed by atoms with Crippen molar-refractivity contribution in [1.29, 1.82) is 0 Å². The molecule has 14 heavy (non-hydrogen) atoms. The van der Waals surface area contributed by atoms with Crippen LogP contribution in [0, 0.1) is 0 Å². The number of nitrogens with one attached hydrogen (secondary N) is 1. The fourth-order valence-corrected chi connectivity index (χ4v) is 1.41. The zero-order valence-corrected chi connectivity index (χ0v) is 7.56. The molecule has 2 rings (SSSR count). The second-order valence-electron chi connectivity index (χ2n) is 2.86. The lowest BCUT2D eigenvalue weighted by Gasteiger charge is -2.04. The Morgan fingerprint density at radius 2 is 2.21 bits per heavy atom. The smallest absolute Gasteiger partial charge is 0.490 e. The van der Waals surface area contributed by atoms with Gasteiger partial charge in [0.1, 0.15) is 11.3 Å². The van der Waals surface area contributed by atoms with Gasteiger partial charge in [-0.2, -0.15) is 0 Å². The first kappa shape index (κ1) is 9.05. The third kappa shape index (κ3) is 1.25. The Morgan fingerprint density at radius 3 is 2.86 bits per heavy atom. The minimum atomic E-state index is -1.51. The van der Waals surface area contributed by atoms with E-state index in [9.17, 15) is 0 Å². The number of benzene rings is 1. The molecule has 0 aliphatic heterocycles. The highest BCUT2D eigenvalue weighted by atomic mass is 16.5. The Labute approximate surface area is 80.5 Å². The van der Waals surface area contributed by atoms with Crippen molar-refractivity contribution in [3.05, 3.63) is 18.5 Å². The molecule has 0 fully saturated rings. The van der Waals surface area contributed by atoms with Crippen LogP contribution in [0.4, 0.5) is 0 Å². The standard InChI is InChI=1S/C8H9BN2O3/c1-14-6-3-2-5(9(12)13)7-8(6)11-4-10-7/h2-4,12-13H,1H3,(H,10,11). The van der Waals surface area contributed by atoms with Crippen molar-refractivity contribution in [3.63, 3.8) is 0 Å². The van der Waals surface area contributed by atoms with E-state index < -0.39 is 7.12 Å². The van der Waals surface area contributed by atoms with Gasteiger partial charge in [-0.15, -0.1) is 0 Å². The van der Waals surface area contributed by atoms with Gasteiger partial charge in [-0.3, -0.25) is 0 Å². The zero-order valence-electron chi connectivity index (χ0n) is 7.56. The largest absolute Gasteiger partial charge is 0.494 e. The van der Waals surface area contributed by atoms with Crippen LogP contribution in [-0.4, -0.2) is 34.2 Å². The van der Waals surface area contributed by atoms with Gasteiger partial charge in [0.05, 0.1) is 19.0 Å². The lowest BCUT2D eigenvalue weighted by Crippen LogP contribution is -2.30. The second kappa shape index (κ2) is 3.32. The maximum Gasteiger partial charge on any atom is 0.490 e. The molecule has 0 saturated carbocycles. The maximum atomic E-state index is 9.07. The van der Waals surface area contributed by atoms with E-state index in [0.29, 0.717) is 22.2 Å². The number of aromatic amines is 1. The van der Waals surface area contributed by atoms with Crippen LogP contribution >= 0.6 is 0 Å². The van der Waals surface area contributed by atoms with Crippen LogP contribution in [0.15, 0.2) is 18.5 Å². The molecule has 0 spiro atoms. The summed E-state index contributed by atoms with van der Waals surface area (Å²) in [5.74, 6) is 0.602. The van der Waals surface area contributed by atoms with Crippen molar-refractivity contribution < 1.29 is 14.8 Å². The molecular formula is C8H9BN2O3. The van der Waals surface area contributed by atoms with E-state index in [1.165, 1.54) is 6.33 Å². The van der Waals surface area contributed by atoms with Gasteiger partial charge in [-0.1, -0.05) is 6.07 Å². The molecular weight excluding hydrogens is 183 g/mol. The van der Waals surface area contributed by atoms with E-state index in [2.05, 4.69) is 9.97 Å². The molecule has 0 aliphatic carbocycles. The number of fused-ring (bicyclic) bond motifs is 1. The third-order valence-electron chi connectivity index (χ3n) is 2.07. The number of H-pyrrole nitrogens is 1. The van der Waals surface area contributed by atoms with E-state index in [0.717, 1.165) is 0 Å². The van der Waals surface area contributed by atoms with Gasteiger partial charge < -0.3 is 19.8 Å². The van der Waals surface area contributed by atoms with Crippen LogP contribution in [0.1, 0.15) is 0 Å². The highest BCUT2D eigenvalue weighted by Gasteiger charge is 2.17. The summed E-state index contributed by atoms with van der Waals surface area (Å²) in [6, 6.07) is 3.24. The summed E-state index contributed by atoms with van der Waals surface area (Å²) in [7, 11) is 0.0299. The lowest BCUT2D eigenvalue weighted by molar-refractivity contribution is 0.418. The monoisotopic (exact) mass is 192 g/mol. The molecule has 72 valence electrons. The second-order valence-corrected chi connectivity index (χ2v) is 2.86. The summed E-state index contributed by atoms with van der Waals surface area (Å²) < 4.78 is 5.07.